The Kier molecular flexibility index (Phi) is 5.74. The molecule has 0 saturated heterocycles. The van der Waals surface area contributed by atoms with Gasteiger partial charge in [-0.2, -0.15) is 0 Å². The monoisotopic (exact) mass is 294 g/mol. The van der Waals surface area contributed by atoms with Gasteiger partial charge in [0.05, 0.1) is 10.7 Å². The third-order valence-corrected chi connectivity index (χ3v) is 4.78. The summed E-state index contributed by atoms with van der Waals surface area (Å²) in [6, 6.07) is 7.11. The number of hydrogen-bond acceptors (Lipinski definition) is 2. The summed E-state index contributed by atoms with van der Waals surface area (Å²) in [5.41, 5.74) is 8.69. The molecule has 2 N–H and O–H groups in total. The summed E-state index contributed by atoms with van der Waals surface area (Å²) in [5, 5.41) is 0.875. The molecule has 2 nitrogen and oxygen atoms in total. The molecule has 1 atom stereocenters. The smallest absolute Gasteiger partial charge is 0.0642 e. The van der Waals surface area contributed by atoms with Crippen LogP contribution in [0.5, 0.6) is 0 Å². The van der Waals surface area contributed by atoms with E-state index in [9.17, 15) is 0 Å². The van der Waals surface area contributed by atoms with Gasteiger partial charge >= 0.3 is 0 Å². The number of halogens is 1. The third kappa shape index (κ3) is 3.48. The van der Waals surface area contributed by atoms with E-state index in [-0.39, 0.29) is 6.04 Å². The lowest BCUT2D eigenvalue weighted by Crippen LogP contribution is -2.34. The number of para-hydroxylation sites is 1. The maximum absolute atomic E-state index is 6.53. The van der Waals surface area contributed by atoms with Crippen LogP contribution < -0.4 is 10.6 Å². The summed E-state index contributed by atoms with van der Waals surface area (Å²) >= 11 is 6.53. The summed E-state index contributed by atoms with van der Waals surface area (Å²) in [6.07, 6.45) is 7.18. The molecule has 1 saturated carbocycles. The molecule has 20 heavy (non-hydrogen) atoms. The van der Waals surface area contributed by atoms with Crippen molar-refractivity contribution >= 4 is 17.3 Å². The van der Waals surface area contributed by atoms with Gasteiger partial charge in [-0.25, -0.2) is 0 Å². The van der Waals surface area contributed by atoms with E-state index in [0.717, 1.165) is 24.4 Å². The Morgan fingerprint density at radius 2 is 2.00 bits per heavy atom. The van der Waals surface area contributed by atoms with Gasteiger partial charge < -0.3 is 10.6 Å². The molecular weight excluding hydrogens is 268 g/mol. The second kappa shape index (κ2) is 7.33. The van der Waals surface area contributed by atoms with Gasteiger partial charge in [-0.1, -0.05) is 43.5 Å². The summed E-state index contributed by atoms with van der Waals surface area (Å²) in [7, 11) is 0. The molecule has 1 aromatic rings. The normalized spacial score (nSPS) is 17.4. The van der Waals surface area contributed by atoms with Gasteiger partial charge in [0, 0.05) is 18.6 Å². The number of rotatable bonds is 6. The standard InChI is InChI=1S/C17H27ClN2/c1-3-14(19)12-13-8-7-11-16(18)17(13)20(4-2)15-9-5-6-10-15/h7-8,11,14-15H,3-6,9-10,12,19H2,1-2H3. The summed E-state index contributed by atoms with van der Waals surface area (Å²) in [6.45, 7) is 5.39. The molecule has 0 amide bonds. The van der Waals surface area contributed by atoms with E-state index in [1.165, 1.54) is 36.9 Å². The molecule has 0 aromatic heterocycles. The molecule has 2 rings (SSSR count). The van der Waals surface area contributed by atoms with E-state index in [4.69, 9.17) is 17.3 Å². The van der Waals surface area contributed by atoms with Crippen molar-refractivity contribution in [3.05, 3.63) is 28.8 Å². The maximum atomic E-state index is 6.53. The fraction of sp³-hybridized carbons (Fsp3) is 0.647. The largest absolute Gasteiger partial charge is 0.367 e. The van der Waals surface area contributed by atoms with Crippen LogP contribution in [-0.4, -0.2) is 18.6 Å². The number of anilines is 1. The van der Waals surface area contributed by atoms with Crippen molar-refractivity contribution < 1.29 is 0 Å². The van der Waals surface area contributed by atoms with E-state index in [1.54, 1.807) is 0 Å². The first-order chi connectivity index (χ1) is 9.67. The highest BCUT2D eigenvalue weighted by atomic mass is 35.5. The maximum Gasteiger partial charge on any atom is 0.0642 e. The van der Waals surface area contributed by atoms with Crippen molar-refractivity contribution in [1.82, 2.24) is 0 Å². The zero-order valence-electron chi connectivity index (χ0n) is 12.7. The SMILES string of the molecule is CCC(N)Cc1cccc(Cl)c1N(CC)C1CCCC1. The fourth-order valence-corrected chi connectivity index (χ4v) is 3.59. The Bertz CT molecular complexity index is 427. The lowest BCUT2D eigenvalue weighted by atomic mass is 10.0. The van der Waals surface area contributed by atoms with Gasteiger partial charge in [-0.15, -0.1) is 0 Å². The van der Waals surface area contributed by atoms with Crippen molar-refractivity contribution in [3.8, 4) is 0 Å². The van der Waals surface area contributed by atoms with Crippen LogP contribution in [0.1, 0.15) is 51.5 Å². The number of benzene rings is 1. The average Bonchev–Trinajstić information content (AvgIpc) is 2.96. The summed E-state index contributed by atoms with van der Waals surface area (Å²) in [5.74, 6) is 0. The lowest BCUT2D eigenvalue weighted by Gasteiger charge is -2.33. The molecule has 1 aromatic carbocycles. The van der Waals surface area contributed by atoms with Crippen LogP contribution in [0.25, 0.3) is 0 Å². The van der Waals surface area contributed by atoms with Gasteiger partial charge in [-0.05, 0) is 44.2 Å². The van der Waals surface area contributed by atoms with Crippen LogP contribution in [-0.2, 0) is 6.42 Å². The molecular formula is C17H27ClN2. The van der Waals surface area contributed by atoms with Crippen molar-refractivity contribution in [1.29, 1.82) is 0 Å². The third-order valence-electron chi connectivity index (χ3n) is 4.47. The van der Waals surface area contributed by atoms with Gasteiger partial charge in [0.1, 0.15) is 0 Å². The van der Waals surface area contributed by atoms with Gasteiger partial charge in [0.15, 0.2) is 0 Å². The molecule has 0 aliphatic heterocycles. The molecule has 1 aliphatic rings. The molecule has 112 valence electrons. The highest BCUT2D eigenvalue weighted by Gasteiger charge is 2.25. The molecule has 0 bridgehead atoms. The van der Waals surface area contributed by atoms with Crippen LogP contribution >= 0.6 is 11.6 Å². The van der Waals surface area contributed by atoms with Gasteiger partial charge in [0.25, 0.3) is 0 Å². The van der Waals surface area contributed by atoms with Gasteiger partial charge in [-0.3, -0.25) is 0 Å². The second-order valence-corrected chi connectivity index (χ2v) is 6.25. The van der Waals surface area contributed by atoms with Crippen molar-refractivity contribution in [2.24, 2.45) is 5.73 Å². The summed E-state index contributed by atoms with van der Waals surface area (Å²) in [4.78, 5) is 2.51. The predicted molar refractivity (Wildman–Crippen MR) is 88.7 cm³/mol. The van der Waals surface area contributed by atoms with Crippen molar-refractivity contribution in [3.63, 3.8) is 0 Å². The molecule has 0 spiro atoms. The molecule has 1 unspecified atom stereocenters. The number of hydrogen-bond donors (Lipinski definition) is 1. The average molecular weight is 295 g/mol. The lowest BCUT2D eigenvalue weighted by molar-refractivity contribution is 0.608. The number of nitrogens with two attached hydrogens (primary N) is 1. The quantitative estimate of drug-likeness (QED) is 0.843. The Morgan fingerprint density at radius 3 is 2.60 bits per heavy atom. The fourth-order valence-electron chi connectivity index (χ4n) is 3.29. The van der Waals surface area contributed by atoms with Crippen LogP contribution in [0, 0.1) is 0 Å². The highest BCUT2D eigenvalue weighted by Crippen LogP contribution is 2.36. The predicted octanol–water partition coefficient (Wildman–Crippen LogP) is 4.39. The molecule has 1 fully saturated rings. The molecule has 0 radical (unpaired) electrons. The highest BCUT2D eigenvalue weighted by molar-refractivity contribution is 6.33. The second-order valence-electron chi connectivity index (χ2n) is 5.84. The van der Waals surface area contributed by atoms with E-state index in [1.807, 2.05) is 12.1 Å². The van der Waals surface area contributed by atoms with E-state index < -0.39 is 0 Å². The Morgan fingerprint density at radius 1 is 1.30 bits per heavy atom. The van der Waals surface area contributed by atoms with Crippen molar-refractivity contribution in [2.75, 3.05) is 11.4 Å². The minimum atomic E-state index is 0.217. The summed E-state index contributed by atoms with van der Waals surface area (Å²) < 4.78 is 0. The first-order valence-electron chi connectivity index (χ1n) is 7.97. The first kappa shape index (κ1) is 15.7. The van der Waals surface area contributed by atoms with E-state index >= 15 is 0 Å². The van der Waals surface area contributed by atoms with E-state index in [2.05, 4.69) is 24.8 Å². The minimum absolute atomic E-state index is 0.217. The topological polar surface area (TPSA) is 29.3 Å². The minimum Gasteiger partial charge on any atom is -0.367 e. The van der Waals surface area contributed by atoms with Crippen LogP contribution in [0.3, 0.4) is 0 Å². The molecule has 1 aliphatic carbocycles. The van der Waals surface area contributed by atoms with E-state index in [0.29, 0.717) is 6.04 Å². The molecule has 3 heteroatoms. The molecule has 0 heterocycles. The zero-order chi connectivity index (χ0) is 14.5. The van der Waals surface area contributed by atoms with Crippen LogP contribution in [0.2, 0.25) is 5.02 Å². The van der Waals surface area contributed by atoms with Crippen molar-refractivity contribution in [2.45, 2.75) is 64.5 Å². The Balaban J connectivity index is 2.31. The Labute approximate surface area is 128 Å². The van der Waals surface area contributed by atoms with Crippen LogP contribution in [0.4, 0.5) is 5.69 Å². The van der Waals surface area contributed by atoms with Crippen LogP contribution in [0.15, 0.2) is 18.2 Å². The van der Waals surface area contributed by atoms with Gasteiger partial charge in [0.2, 0.25) is 0 Å². The Hall–Kier alpha value is -0.730. The number of nitrogens with zero attached hydrogens (tertiary/aromatic N) is 1. The zero-order valence-corrected chi connectivity index (χ0v) is 13.5. The first-order valence-corrected chi connectivity index (χ1v) is 8.34.